The molecule has 0 aliphatic heterocycles. The Kier molecular flexibility index (Phi) is 6.57. The van der Waals surface area contributed by atoms with Crippen LogP contribution in [-0.2, 0) is 9.47 Å². The van der Waals surface area contributed by atoms with E-state index in [1.807, 2.05) is 0 Å². The fraction of sp³-hybridized carbons (Fsp3) is 1.00. The van der Waals surface area contributed by atoms with Gasteiger partial charge in [0.15, 0.2) is 6.29 Å². The average molecular weight is 160 g/mol. The zero-order chi connectivity index (χ0) is 8.69. The molecule has 0 radical (unpaired) electrons. The van der Waals surface area contributed by atoms with Crippen LogP contribution < -0.4 is 0 Å². The van der Waals surface area contributed by atoms with Gasteiger partial charge in [0, 0.05) is 20.6 Å². The first kappa shape index (κ1) is 10.9. The van der Waals surface area contributed by atoms with Crippen molar-refractivity contribution >= 4 is 0 Å². The molecule has 2 heteroatoms. The third-order valence-corrected chi connectivity index (χ3v) is 1.90. The van der Waals surface area contributed by atoms with Crippen molar-refractivity contribution in [1.29, 1.82) is 0 Å². The van der Waals surface area contributed by atoms with Gasteiger partial charge in [-0.15, -0.1) is 0 Å². The Bertz CT molecular complexity index is 79.6. The SMILES string of the molecule is CCC[C@@H](C)CC(OC)OC. The topological polar surface area (TPSA) is 18.5 Å². The van der Waals surface area contributed by atoms with Gasteiger partial charge in [0.05, 0.1) is 0 Å². The summed E-state index contributed by atoms with van der Waals surface area (Å²) in [6, 6.07) is 0. The average Bonchev–Trinajstić information content (AvgIpc) is 2.01. The lowest BCUT2D eigenvalue weighted by atomic mass is 10.0. The molecule has 0 aromatic rings. The predicted molar refractivity (Wildman–Crippen MR) is 46.5 cm³/mol. The van der Waals surface area contributed by atoms with Crippen LogP contribution in [0.15, 0.2) is 0 Å². The molecule has 0 bridgehead atoms. The second-order valence-corrected chi connectivity index (χ2v) is 3.03. The fourth-order valence-electron chi connectivity index (χ4n) is 1.23. The number of rotatable bonds is 6. The van der Waals surface area contributed by atoms with Crippen molar-refractivity contribution in [3.8, 4) is 0 Å². The third-order valence-electron chi connectivity index (χ3n) is 1.90. The Morgan fingerprint density at radius 2 is 1.73 bits per heavy atom. The highest BCUT2D eigenvalue weighted by Gasteiger charge is 2.09. The van der Waals surface area contributed by atoms with Gasteiger partial charge >= 0.3 is 0 Å². The lowest BCUT2D eigenvalue weighted by molar-refractivity contribution is -0.113. The molecule has 0 saturated carbocycles. The summed E-state index contributed by atoms with van der Waals surface area (Å²) in [5.74, 6) is 0.699. The maximum atomic E-state index is 5.09. The molecule has 0 heterocycles. The smallest absolute Gasteiger partial charge is 0.157 e. The molecule has 68 valence electrons. The minimum Gasteiger partial charge on any atom is -0.356 e. The summed E-state index contributed by atoms with van der Waals surface area (Å²) < 4.78 is 10.2. The molecule has 0 aromatic heterocycles. The largest absolute Gasteiger partial charge is 0.356 e. The monoisotopic (exact) mass is 160 g/mol. The van der Waals surface area contributed by atoms with Gasteiger partial charge in [-0.1, -0.05) is 26.7 Å². The van der Waals surface area contributed by atoms with Gasteiger partial charge in [-0.25, -0.2) is 0 Å². The maximum Gasteiger partial charge on any atom is 0.157 e. The van der Waals surface area contributed by atoms with E-state index in [-0.39, 0.29) is 6.29 Å². The van der Waals surface area contributed by atoms with Gasteiger partial charge < -0.3 is 9.47 Å². The molecule has 0 amide bonds. The molecule has 0 aliphatic rings. The molecule has 0 spiro atoms. The highest BCUT2D eigenvalue weighted by atomic mass is 16.7. The van der Waals surface area contributed by atoms with Crippen molar-refractivity contribution in [2.75, 3.05) is 14.2 Å². The van der Waals surface area contributed by atoms with E-state index in [1.54, 1.807) is 14.2 Å². The van der Waals surface area contributed by atoms with Crippen molar-refractivity contribution in [3.05, 3.63) is 0 Å². The lowest BCUT2D eigenvalue weighted by Crippen LogP contribution is -2.16. The van der Waals surface area contributed by atoms with Crippen molar-refractivity contribution in [2.24, 2.45) is 5.92 Å². The van der Waals surface area contributed by atoms with E-state index < -0.39 is 0 Å². The van der Waals surface area contributed by atoms with Crippen LogP contribution in [0.4, 0.5) is 0 Å². The first-order chi connectivity index (χ1) is 5.24. The van der Waals surface area contributed by atoms with E-state index in [0.717, 1.165) is 6.42 Å². The number of methoxy groups -OCH3 is 2. The maximum absolute atomic E-state index is 5.09. The van der Waals surface area contributed by atoms with Crippen LogP contribution in [0.1, 0.15) is 33.1 Å². The molecule has 0 rings (SSSR count). The van der Waals surface area contributed by atoms with Crippen LogP contribution in [0.3, 0.4) is 0 Å². The summed E-state index contributed by atoms with van der Waals surface area (Å²) in [6.07, 6.45) is 3.47. The van der Waals surface area contributed by atoms with E-state index in [4.69, 9.17) is 9.47 Å². The molecule has 0 aliphatic carbocycles. The van der Waals surface area contributed by atoms with E-state index in [9.17, 15) is 0 Å². The van der Waals surface area contributed by atoms with Crippen LogP contribution in [0.5, 0.6) is 0 Å². The zero-order valence-electron chi connectivity index (χ0n) is 8.09. The number of ether oxygens (including phenoxy) is 2. The van der Waals surface area contributed by atoms with E-state index in [0.29, 0.717) is 5.92 Å². The summed E-state index contributed by atoms with van der Waals surface area (Å²) in [6.45, 7) is 4.43. The number of hydrogen-bond acceptors (Lipinski definition) is 2. The first-order valence-electron chi connectivity index (χ1n) is 4.30. The normalized spacial score (nSPS) is 13.9. The summed E-state index contributed by atoms with van der Waals surface area (Å²) in [5.41, 5.74) is 0. The van der Waals surface area contributed by atoms with Gasteiger partial charge in [-0.2, -0.15) is 0 Å². The van der Waals surface area contributed by atoms with Crippen LogP contribution in [0, 0.1) is 5.92 Å². The Morgan fingerprint density at radius 3 is 2.09 bits per heavy atom. The lowest BCUT2D eigenvalue weighted by Gasteiger charge is -2.17. The summed E-state index contributed by atoms with van der Waals surface area (Å²) in [7, 11) is 3.37. The standard InChI is InChI=1S/C9H20O2/c1-5-6-8(2)7-9(10-3)11-4/h8-9H,5-7H2,1-4H3/t8-/m1/s1. The molecule has 0 aromatic carbocycles. The second-order valence-electron chi connectivity index (χ2n) is 3.03. The second kappa shape index (κ2) is 6.62. The van der Waals surface area contributed by atoms with Gasteiger partial charge in [0.25, 0.3) is 0 Å². The van der Waals surface area contributed by atoms with Gasteiger partial charge in [-0.05, 0) is 5.92 Å². The van der Waals surface area contributed by atoms with Gasteiger partial charge in [0.1, 0.15) is 0 Å². The summed E-state index contributed by atoms with van der Waals surface area (Å²) in [5, 5.41) is 0. The van der Waals surface area contributed by atoms with Crippen molar-refractivity contribution in [1.82, 2.24) is 0 Å². The molecule has 0 saturated heterocycles. The number of hydrogen-bond donors (Lipinski definition) is 0. The minimum atomic E-state index is -0.0171. The minimum absolute atomic E-state index is 0.0171. The predicted octanol–water partition coefficient (Wildman–Crippen LogP) is 2.43. The Labute approximate surface area is 69.9 Å². The fourth-order valence-corrected chi connectivity index (χ4v) is 1.23. The Balaban J connectivity index is 3.44. The summed E-state index contributed by atoms with van der Waals surface area (Å²) >= 11 is 0. The Morgan fingerprint density at radius 1 is 1.18 bits per heavy atom. The van der Waals surface area contributed by atoms with Crippen molar-refractivity contribution in [3.63, 3.8) is 0 Å². The molecular weight excluding hydrogens is 140 g/mol. The van der Waals surface area contributed by atoms with Crippen LogP contribution in [-0.4, -0.2) is 20.5 Å². The summed E-state index contributed by atoms with van der Waals surface area (Å²) in [4.78, 5) is 0. The molecule has 2 nitrogen and oxygen atoms in total. The van der Waals surface area contributed by atoms with E-state index in [1.165, 1.54) is 12.8 Å². The molecule has 0 fully saturated rings. The van der Waals surface area contributed by atoms with Crippen LogP contribution >= 0.6 is 0 Å². The highest BCUT2D eigenvalue weighted by Crippen LogP contribution is 2.14. The van der Waals surface area contributed by atoms with Crippen molar-refractivity contribution < 1.29 is 9.47 Å². The van der Waals surface area contributed by atoms with Crippen LogP contribution in [0.25, 0.3) is 0 Å². The molecule has 0 unspecified atom stereocenters. The molecular formula is C9H20O2. The zero-order valence-corrected chi connectivity index (χ0v) is 8.09. The highest BCUT2D eigenvalue weighted by molar-refractivity contribution is 4.54. The third kappa shape index (κ3) is 5.22. The molecule has 11 heavy (non-hydrogen) atoms. The van der Waals surface area contributed by atoms with Gasteiger partial charge in [-0.3, -0.25) is 0 Å². The van der Waals surface area contributed by atoms with Gasteiger partial charge in [0.2, 0.25) is 0 Å². The van der Waals surface area contributed by atoms with E-state index >= 15 is 0 Å². The van der Waals surface area contributed by atoms with Crippen molar-refractivity contribution in [2.45, 2.75) is 39.4 Å². The Hall–Kier alpha value is -0.0800. The quantitative estimate of drug-likeness (QED) is 0.556. The molecule has 0 N–H and O–H groups in total. The van der Waals surface area contributed by atoms with Crippen LogP contribution in [0.2, 0.25) is 0 Å². The van der Waals surface area contributed by atoms with E-state index in [2.05, 4.69) is 13.8 Å². The molecule has 1 atom stereocenters. The first-order valence-corrected chi connectivity index (χ1v) is 4.30.